The van der Waals surface area contributed by atoms with Gasteiger partial charge in [0.25, 0.3) is 0 Å². The Hall–Kier alpha value is -1.77. The molecule has 0 unspecified atom stereocenters. The van der Waals surface area contributed by atoms with E-state index in [2.05, 4.69) is 4.98 Å². The Morgan fingerprint density at radius 3 is 2.65 bits per heavy atom. The molecule has 0 saturated carbocycles. The summed E-state index contributed by atoms with van der Waals surface area (Å²) in [4.78, 5) is 15.2. The summed E-state index contributed by atoms with van der Waals surface area (Å²) in [6, 6.07) is 7.65. The van der Waals surface area contributed by atoms with Crippen molar-refractivity contribution in [3.05, 3.63) is 35.5 Å². The van der Waals surface area contributed by atoms with Gasteiger partial charge in [-0.2, -0.15) is 0 Å². The van der Waals surface area contributed by atoms with Gasteiger partial charge in [-0.1, -0.05) is 12.1 Å². The number of fused-ring (bicyclic) bond motifs is 1. The second-order valence-electron chi connectivity index (χ2n) is 5.22. The van der Waals surface area contributed by atoms with E-state index in [1.165, 1.54) is 0 Å². The standard InChI is InChI=1S/C14H17NO2/c1-9-8-10-6-5-7-11(12(10)15-9)13(16)17-14(2,3)4/h5-8,15H,1-4H3. The Bertz CT molecular complexity index is 561. The van der Waals surface area contributed by atoms with Crippen LogP contribution in [-0.2, 0) is 4.74 Å². The van der Waals surface area contributed by atoms with E-state index in [0.29, 0.717) is 5.56 Å². The smallest absolute Gasteiger partial charge is 0.340 e. The van der Waals surface area contributed by atoms with Crippen LogP contribution in [-0.4, -0.2) is 16.6 Å². The van der Waals surface area contributed by atoms with Gasteiger partial charge in [-0.25, -0.2) is 4.79 Å². The summed E-state index contributed by atoms with van der Waals surface area (Å²) in [6.45, 7) is 7.57. The molecule has 1 N–H and O–H groups in total. The maximum atomic E-state index is 12.0. The molecule has 3 heteroatoms. The van der Waals surface area contributed by atoms with Crippen molar-refractivity contribution >= 4 is 16.9 Å². The number of H-pyrrole nitrogens is 1. The third-order valence-electron chi connectivity index (χ3n) is 2.41. The van der Waals surface area contributed by atoms with Crippen LogP contribution in [0.1, 0.15) is 36.8 Å². The fourth-order valence-corrected chi connectivity index (χ4v) is 1.80. The first-order chi connectivity index (χ1) is 7.87. The number of rotatable bonds is 1. The number of aromatic nitrogens is 1. The Morgan fingerprint density at radius 1 is 1.29 bits per heavy atom. The maximum Gasteiger partial charge on any atom is 0.340 e. The topological polar surface area (TPSA) is 42.1 Å². The van der Waals surface area contributed by atoms with Gasteiger partial charge in [0, 0.05) is 11.1 Å². The fraction of sp³-hybridized carbons (Fsp3) is 0.357. The SMILES string of the molecule is Cc1cc2cccc(C(=O)OC(C)(C)C)c2[nH]1. The Kier molecular flexibility index (Phi) is 2.69. The molecular formula is C14H17NO2. The summed E-state index contributed by atoms with van der Waals surface area (Å²) in [7, 11) is 0. The number of ether oxygens (including phenoxy) is 1. The third-order valence-corrected chi connectivity index (χ3v) is 2.41. The summed E-state index contributed by atoms with van der Waals surface area (Å²) in [5, 5.41) is 1.03. The lowest BCUT2D eigenvalue weighted by molar-refractivity contribution is 0.00717. The van der Waals surface area contributed by atoms with E-state index in [-0.39, 0.29) is 5.97 Å². The normalized spacial score (nSPS) is 11.8. The first-order valence-corrected chi connectivity index (χ1v) is 5.68. The average Bonchev–Trinajstić information content (AvgIpc) is 2.54. The first-order valence-electron chi connectivity index (χ1n) is 5.68. The molecule has 0 fully saturated rings. The lowest BCUT2D eigenvalue weighted by atomic mass is 10.1. The number of hydrogen-bond acceptors (Lipinski definition) is 2. The van der Waals surface area contributed by atoms with Crippen LogP contribution in [0.3, 0.4) is 0 Å². The lowest BCUT2D eigenvalue weighted by Gasteiger charge is -2.19. The molecule has 17 heavy (non-hydrogen) atoms. The molecule has 0 radical (unpaired) electrons. The molecule has 0 aliphatic rings. The highest BCUT2D eigenvalue weighted by molar-refractivity contribution is 6.03. The van der Waals surface area contributed by atoms with Crippen LogP contribution in [0.5, 0.6) is 0 Å². The Labute approximate surface area is 101 Å². The predicted molar refractivity (Wildman–Crippen MR) is 68.2 cm³/mol. The molecule has 2 aromatic rings. The van der Waals surface area contributed by atoms with E-state index in [9.17, 15) is 4.79 Å². The maximum absolute atomic E-state index is 12.0. The molecule has 1 aromatic heterocycles. The second kappa shape index (κ2) is 3.91. The number of para-hydroxylation sites is 1. The Morgan fingerprint density at radius 2 is 2.00 bits per heavy atom. The van der Waals surface area contributed by atoms with Crippen molar-refractivity contribution in [2.24, 2.45) is 0 Å². The number of nitrogens with one attached hydrogen (secondary N) is 1. The van der Waals surface area contributed by atoms with Crippen molar-refractivity contribution in [2.75, 3.05) is 0 Å². The van der Waals surface area contributed by atoms with E-state index in [1.807, 2.05) is 45.9 Å². The average molecular weight is 231 g/mol. The van der Waals surface area contributed by atoms with Crippen LogP contribution in [0, 0.1) is 6.92 Å². The molecule has 90 valence electrons. The van der Waals surface area contributed by atoms with Gasteiger partial charge in [0.1, 0.15) is 5.60 Å². The molecule has 1 heterocycles. The monoisotopic (exact) mass is 231 g/mol. The number of hydrogen-bond donors (Lipinski definition) is 1. The molecule has 0 atom stereocenters. The van der Waals surface area contributed by atoms with Crippen molar-refractivity contribution in [3.8, 4) is 0 Å². The van der Waals surface area contributed by atoms with Gasteiger partial charge in [-0.05, 0) is 39.8 Å². The van der Waals surface area contributed by atoms with Crippen LogP contribution >= 0.6 is 0 Å². The van der Waals surface area contributed by atoms with Gasteiger partial charge in [0.2, 0.25) is 0 Å². The molecule has 0 aliphatic heterocycles. The molecule has 0 spiro atoms. The van der Waals surface area contributed by atoms with Gasteiger partial charge < -0.3 is 9.72 Å². The number of aryl methyl sites for hydroxylation is 1. The minimum atomic E-state index is -0.471. The highest BCUT2D eigenvalue weighted by Crippen LogP contribution is 2.21. The largest absolute Gasteiger partial charge is 0.456 e. The van der Waals surface area contributed by atoms with Crippen LogP contribution in [0.4, 0.5) is 0 Å². The van der Waals surface area contributed by atoms with Gasteiger partial charge in [0.15, 0.2) is 0 Å². The number of carbonyl (C=O) groups is 1. The molecule has 2 rings (SSSR count). The number of aromatic amines is 1. The lowest BCUT2D eigenvalue weighted by Crippen LogP contribution is -2.24. The zero-order valence-corrected chi connectivity index (χ0v) is 10.6. The van der Waals surface area contributed by atoms with E-state index >= 15 is 0 Å². The summed E-state index contributed by atoms with van der Waals surface area (Å²) in [6.07, 6.45) is 0. The van der Waals surface area contributed by atoms with Crippen LogP contribution < -0.4 is 0 Å². The van der Waals surface area contributed by atoms with Gasteiger partial charge in [-0.15, -0.1) is 0 Å². The van der Waals surface area contributed by atoms with Crippen molar-refractivity contribution in [1.82, 2.24) is 4.98 Å². The second-order valence-corrected chi connectivity index (χ2v) is 5.22. The molecule has 0 amide bonds. The predicted octanol–water partition coefficient (Wildman–Crippen LogP) is 3.43. The zero-order chi connectivity index (χ0) is 12.6. The quantitative estimate of drug-likeness (QED) is 0.764. The first kappa shape index (κ1) is 11.7. The van der Waals surface area contributed by atoms with Crippen molar-refractivity contribution in [2.45, 2.75) is 33.3 Å². The molecule has 3 nitrogen and oxygen atoms in total. The number of esters is 1. The van der Waals surface area contributed by atoms with E-state index in [0.717, 1.165) is 16.6 Å². The minimum Gasteiger partial charge on any atom is -0.456 e. The summed E-state index contributed by atoms with van der Waals surface area (Å²) in [5.41, 5.74) is 2.00. The van der Waals surface area contributed by atoms with Crippen LogP contribution in [0.15, 0.2) is 24.3 Å². The molecule has 0 bridgehead atoms. The zero-order valence-electron chi connectivity index (χ0n) is 10.6. The van der Waals surface area contributed by atoms with Crippen molar-refractivity contribution in [3.63, 3.8) is 0 Å². The summed E-state index contributed by atoms with van der Waals surface area (Å²) >= 11 is 0. The molecular weight excluding hydrogens is 214 g/mol. The van der Waals surface area contributed by atoms with E-state index in [1.54, 1.807) is 6.07 Å². The number of carbonyl (C=O) groups excluding carboxylic acids is 1. The fourth-order valence-electron chi connectivity index (χ4n) is 1.80. The van der Waals surface area contributed by atoms with Crippen LogP contribution in [0.25, 0.3) is 10.9 Å². The molecule has 0 saturated heterocycles. The summed E-state index contributed by atoms with van der Waals surface area (Å²) < 4.78 is 5.38. The Balaban J connectivity index is 2.45. The van der Waals surface area contributed by atoms with E-state index in [4.69, 9.17) is 4.74 Å². The van der Waals surface area contributed by atoms with E-state index < -0.39 is 5.60 Å². The highest BCUT2D eigenvalue weighted by Gasteiger charge is 2.20. The summed E-state index contributed by atoms with van der Waals surface area (Å²) in [5.74, 6) is -0.287. The third kappa shape index (κ3) is 2.49. The van der Waals surface area contributed by atoms with Gasteiger partial charge in [-0.3, -0.25) is 0 Å². The molecule has 1 aromatic carbocycles. The number of benzene rings is 1. The van der Waals surface area contributed by atoms with Crippen molar-refractivity contribution < 1.29 is 9.53 Å². The van der Waals surface area contributed by atoms with Gasteiger partial charge in [0.05, 0.1) is 11.1 Å². The highest BCUT2D eigenvalue weighted by atomic mass is 16.6. The molecule has 0 aliphatic carbocycles. The minimum absolute atomic E-state index is 0.287. The van der Waals surface area contributed by atoms with Crippen molar-refractivity contribution in [1.29, 1.82) is 0 Å². The van der Waals surface area contributed by atoms with Gasteiger partial charge >= 0.3 is 5.97 Å². The van der Waals surface area contributed by atoms with Crippen LogP contribution in [0.2, 0.25) is 0 Å².